The van der Waals surface area contributed by atoms with Gasteiger partial charge in [0.15, 0.2) is 0 Å². The molecule has 2 N–H and O–H groups in total. The maximum Gasteiger partial charge on any atom is 0.132 e. The molecule has 160 valence electrons. The topological polar surface area (TPSA) is 68.2 Å². The van der Waals surface area contributed by atoms with Crippen LogP contribution in [-0.4, -0.2) is 49.4 Å². The lowest BCUT2D eigenvalue weighted by molar-refractivity contribution is 0.0325. The van der Waals surface area contributed by atoms with Crippen LogP contribution in [0.4, 0.5) is 0 Å². The van der Waals surface area contributed by atoms with E-state index < -0.39 is 12.2 Å². The second-order valence-electron chi connectivity index (χ2n) is 7.59. The predicted molar refractivity (Wildman–Crippen MR) is 123 cm³/mol. The van der Waals surface area contributed by atoms with Gasteiger partial charge in [0.05, 0.1) is 16.3 Å². The zero-order valence-corrected chi connectivity index (χ0v) is 19.7. The van der Waals surface area contributed by atoms with Gasteiger partial charge in [0, 0.05) is 12.5 Å². The fraction of sp³-hybridized carbons (Fsp3) is 0.478. The first-order chi connectivity index (χ1) is 13.8. The minimum atomic E-state index is -0.641. The molecular weight excluding hydrogens is 483 g/mol. The zero-order valence-electron chi connectivity index (χ0n) is 17.5. The summed E-state index contributed by atoms with van der Waals surface area (Å²) >= 11 is 2.27. The molecule has 29 heavy (non-hydrogen) atoms. The molecule has 0 aliphatic heterocycles. The highest BCUT2D eigenvalue weighted by Gasteiger charge is 2.24. The van der Waals surface area contributed by atoms with Crippen molar-refractivity contribution in [3.05, 3.63) is 57.2 Å². The molecule has 0 bridgehead atoms. The minimum Gasteiger partial charge on any atom is -0.491 e. The smallest absolute Gasteiger partial charge is 0.132 e. The van der Waals surface area contributed by atoms with Crippen molar-refractivity contribution < 1.29 is 24.4 Å². The number of methoxy groups -OCH3 is 1. The van der Waals surface area contributed by atoms with Crippen LogP contribution in [0, 0.1) is 3.57 Å². The highest BCUT2D eigenvalue weighted by molar-refractivity contribution is 14.1. The third-order valence-electron chi connectivity index (χ3n) is 4.93. The minimum absolute atomic E-state index is 0.197. The maximum atomic E-state index is 9.70. The summed E-state index contributed by atoms with van der Waals surface area (Å²) in [7, 11) is 1.55. The first-order valence-corrected chi connectivity index (χ1v) is 10.9. The second-order valence-corrected chi connectivity index (χ2v) is 8.75. The van der Waals surface area contributed by atoms with E-state index in [1.54, 1.807) is 7.11 Å². The monoisotopic (exact) mass is 514 g/mol. The van der Waals surface area contributed by atoms with Crippen LogP contribution < -0.4 is 9.47 Å². The summed E-state index contributed by atoms with van der Waals surface area (Å²) in [6.07, 6.45) is -0.414. The van der Waals surface area contributed by atoms with Crippen molar-refractivity contribution in [1.29, 1.82) is 0 Å². The molecule has 0 amide bonds. The number of benzene rings is 2. The van der Waals surface area contributed by atoms with Gasteiger partial charge in [-0.3, -0.25) is 0 Å². The van der Waals surface area contributed by atoms with E-state index in [9.17, 15) is 10.2 Å². The Kier molecular flexibility index (Phi) is 9.20. The molecule has 0 fully saturated rings. The van der Waals surface area contributed by atoms with Crippen LogP contribution in [0.15, 0.2) is 42.5 Å². The molecule has 0 saturated heterocycles. The van der Waals surface area contributed by atoms with Crippen molar-refractivity contribution in [2.24, 2.45) is 0 Å². The number of halogens is 1. The Bertz CT molecular complexity index is 760. The van der Waals surface area contributed by atoms with E-state index in [4.69, 9.17) is 14.2 Å². The van der Waals surface area contributed by atoms with Crippen LogP contribution in [0.25, 0.3) is 0 Å². The average Bonchev–Trinajstić information content (AvgIpc) is 2.71. The fourth-order valence-electron chi connectivity index (χ4n) is 2.88. The summed E-state index contributed by atoms with van der Waals surface area (Å²) in [5, 5.41) is 19.4. The van der Waals surface area contributed by atoms with Crippen molar-refractivity contribution >= 4 is 22.6 Å². The van der Waals surface area contributed by atoms with Gasteiger partial charge in [0.1, 0.15) is 30.8 Å². The van der Waals surface area contributed by atoms with Crippen molar-refractivity contribution in [3.8, 4) is 11.5 Å². The quantitative estimate of drug-likeness (QED) is 0.441. The van der Waals surface area contributed by atoms with Crippen LogP contribution in [0.3, 0.4) is 0 Å². The van der Waals surface area contributed by atoms with E-state index in [2.05, 4.69) is 48.6 Å². The van der Waals surface area contributed by atoms with E-state index in [-0.39, 0.29) is 18.6 Å². The largest absolute Gasteiger partial charge is 0.491 e. The van der Waals surface area contributed by atoms with Crippen LogP contribution in [-0.2, 0) is 10.2 Å². The fourth-order valence-corrected chi connectivity index (χ4v) is 3.55. The van der Waals surface area contributed by atoms with E-state index in [1.807, 2.05) is 37.3 Å². The van der Waals surface area contributed by atoms with Crippen molar-refractivity contribution in [2.75, 3.05) is 26.9 Å². The Labute approximate surface area is 187 Å². The Morgan fingerprint density at radius 2 is 1.52 bits per heavy atom. The van der Waals surface area contributed by atoms with Gasteiger partial charge in [-0.2, -0.15) is 0 Å². The van der Waals surface area contributed by atoms with Gasteiger partial charge in [-0.15, -0.1) is 0 Å². The first kappa shape index (κ1) is 23.9. The summed E-state index contributed by atoms with van der Waals surface area (Å²) in [6.45, 7) is 7.04. The summed E-state index contributed by atoms with van der Waals surface area (Å²) in [5.41, 5.74) is 2.14. The second kappa shape index (κ2) is 11.2. The molecule has 0 unspecified atom stereocenters. The molecule has 2 atom stereocenters. The molecule has 0 spiro atoms. The number of aliphatic hydroxyl groups is 2. The third-order valence-corrected chi connectivity index (χ3v) is 5.78. The normalized spacial score (nSPS) is 13.8. The third kappa shape index (κ3) is 6.84. The van der Waals surface area contributed by atoms with E-state index in [0.29, 0.717) is 18.8 Å². The summed E-state index contributed by atoms with van der Waals surface area (Å²) < 4.78 is 17.3. The molecule has 5 nitrogen and oxygen atoms in total. The zero-order chi connectivity index (χ0) is 21.4. The van der Waals surface area contributed by atoms with Crippen molar-refractivity contribution in [3.63, 3.8) is 0 Å². The summed E-state index contributed by atoms with van der Waals surface area (Å²) in [4.78, 5) is 0. The molecule has 0 aromatic heterocycles. The van der Waals surface area contributed by atoms with Crippen molar-refractivity contribution in [2.45, 2.75) is 44.8 Å². The standard InChI is InChI=1S/C23H31IO5/c1-5-18(25)14-29-22-11-8-17(12-21(22)24)23(2,3)16-6-9-20(10-7-16)28-15-19(26)13-27-4/h6-12,18-19,25-26H,5,13-15H2,1-4H3/t18-,19-/m0/s1. The highest BCUT2D eigenvalue weighted by Crippen LogP contribution is 2.35. The van der Waals surface area contributed by atoms with Crippen LogP contribution in [0.1, 0.15) is 38.3 Å². The molecule has 0 aliphatic carbocycles. The van der Waals surface area contributed by atoms with Crippen LogP contribution >= 0.6 is 22.6 Å². The van der Waals surface area contributed by atoms with Gasteiger partial charge in [-0.25, -0.2) is 0 Å². The Morgan fingerprint density at radius 1 is 0.897 bits per heavy atom. The number of hydrogen-bond acceptors (Lipinski definition) is 5. The van der Waals surface area contributed by atoms with Gasteiger partial charge in [-0.1, -0.05) is 39.0 Å². The first-order valence-electron chi connectivity index (χ1n) is 9.79. The molecule has 0 aliphatic rings. The molecule has 6 heteroatoms. The van der Waals surface area contributed by atoms with E-state index >= 15 is 0 Å². The van der Waals surface area contributed by atoms with Gasteiger partial charge < -0.3 is 24.4 Å². The number of hydrogen-bond donors (Lipinski definition) is 2. The Balaban J connectivity index is 2.08. The molecule has 2 aromatic carbocycles. The summed E-state index contributed by atoms with van der Waals surface area (Å²) in [5.74, 6) is 1.50. The van der Waals surface area contributed by atoms with Crippen LogP contribution in [0.2, 0.25) is 0 Å². The lowest BCUT2D eigenvalue weighted by Gasteiger charge is -2.27. The van der Waals surface area contributed by atoms with Gasteiger partial charge in [0.25, 0.3) is 0 Å². The van der Waals surface area contributed by atoms with E-state index in [0.717, 1.165) is 14.9 Å². The molecule has 0 saturated carbocycles. The molecule has 0 radical (unpaired) electrons. The number of rotatable bonds is 11. The molecule has 2 aromatic rings. The number of aliphatic hydroxyl groups excluding tert-OH is 2. The summed E-state index contributed by atoms with van der Waals surface area (Å²) in [6, 6.07) is 14.1. The van der Waals surface area contributed by atoms with E-state index in [1.165, 1.54) is 5.56 Å². The van der Waals surface area contributed by atoms with Gasteiger partial charge >= 0.3 is 0 Å². The Hall–Kier alpha value is -1.35. The molecule has 0 heterocycles. The van der Waals surface area contributed by atoms with Crippen molar-refractivity contribution in [1.82, 2.24) is 0 Å². The SMILES string of the molecule is CC[C@H](O)COc1ccc(C(C)(C)c2ccc(OC[C@@H](O)COC)cc2)cc1I. The maximum absolute atomic E-state index is 9.70. The number of ether oxygens (including phenoxy) is 3. The Morgan fingerprint density at radius 3 is 2.10 bits per heavy atom. The van der Waals surface area contributed by atoms with Crippen LogP contribution in [0.5, 0.6) is 11.5 Å². The predicted octanol–water partition coefficient (Wildman–Crippen LogP) is 4.15. The lowest BCUT2D eigenvalue weighted by atomic mass is 9.78. The molecule has 2 rings (SSSR count). The average molecular weight is 514 g/mol. The molecular formula is C23H31IO5. The van der Waals surface area contributed by atoms with Gasteiger partial charge in [0.2, 0.25) is 0 Å². The highest BCUT2D eigenvalue weighted by atomic mass is 127. The van der Waals surface area contributed by atoms with Gasteiger partial charge in [-0.05, 0) is 64.4 Å². The lowest BCUT2D eigenvalue weighted by Crippen LogP contribution is -2.22.